The van der Waals surface area contributed by atoms with Gasteiger partial charge in [0.15, 0.2) is 0 Å². The molecule has 0 aliphatic heterocycles. The van der Waals surface area contributed by atoms with Crippen molar-refractivity contribution >= 4 is 12.0 Å². The maximum atomic E-state index is 12.8. The highest BCUT2D eigenvalue weighted by atomic mass is 19.1. The smallest absolute Gasteiger partial charge is 0.150 e. The van der Waals surface area contributed by atoms with E-state index in [1.54, 1.807) is 13.8 Å². The molecule has 0 spiro atoms. The lowest BCUT2D eigenvalue weighted by Crippen LogP contribution is -1.92. The molecule has 0 aromatic rings. The summed E-state index contributed by atoms with van der Waals surface area (Å²) in [6, 6.07) is 0. The maximum absolute atomic E-state index is 12.8. The van der Waals surface area contributed by atoms with Crippen LogP contribution in [0.5, 0.6) is 0 Å². The average Bonchev–Trinajstić information content (AvgIpc) is 1.98. The van der Waals surface area contributed by atoms with E-state index in [1.165, 1.54) is 6.92 Å². The summed E-state index contributed by atoms with van der Waals surface area (Å²) in [5, 5.41) is 6.93. The Morgan fingerprint density at radius 2 is 1.83 bits per heavy atom. The normalized spacial score (nSPS) is 10.8. The second-order valence-electron chi connectivity index (χ2n) is 2.69. The van der Waals surface area contributed by atoms with Crippen LogP contribution in [0.3, 0.4) is 0 Å². The van der Waals surface area contributed by atoms with Gasteiger partial charge in [-0.25, -0.2) is 4.39 Å². The Labute approximate surface area is 71.3 Å². The molecular weight excluding hydrogens is 157 g/mol. The van der Waals surface area contributed by atoms with Crippen LogP contribution in [0, 0.1) is 5.41 Å². The maximum Gasteiger partial charge on any atom is 0.150 e. The second kappa shape index (κ2) is 4.59. The van der Waals surface area contributed by atoms with Gasteiger partial charge in [-0.1, -0.05) is 5.57 Å². The van der Waals surface area contributed by atoms with Crippen LogP contribution < -0.4 is 0 Å². The lowest BCUT2D eigenvalue weighted by molar-refractivity contribution is -0.104. The monoisotopic (exact) mass is 169 g/mol. The predicted molar refractivity (Wildman–Crippen MR) is 47.0 cm³/mol. The fourth-order valence-corrected chi connectivity index (χ4v) is 0.541. The Morgan fingerprint density at radius 3 is 2.08 bits per heavy atom. The quantitative estimate of drug-likeness (QED) is 0.300. The molecule has 1 N–H and O–H groups in total. The van der Waals surface area contributed by atoms with Gasteiger partial charge in [0, 0.05) is 5.57 Å². The standard InChI is InChI=1S/C9H12FNO/c1-6(2)8(5-12)4-9(10)7(3)11/h4-5,11H,1-3H3/b9-4+,11-7?. The first-order valence-electron chi connectivity index (χ1n) is 3.54. The Hall–Kier alpha value is -1.25. The van der Waals surface area contributed by atoms with E-state index in [9.17, 15) is 9.18 Å². The van der Waals surface area contributed by atoms with Crippen molar-refractivity contribution in [3.05, 3.63) is 23.0 Å². The van der Waals surface area contributed by atoms with Crippen LogP contribution in [0.25, 0.3) is 0 Å². The molecule has 3 heteroatoms. The van der Waals surface area contributed by atoms with Gasteiger partial charge in [0.1, 0.15) is 12.1 Å². The third-order valence-electron chi connectivity index (χ3n) is 1.34. The Balaban J connectivity index is 4.84. The summed E-state index contributed by atoms with van der Waals surface area (Å²) < 4.78 is 12.8. The number of hydrogen-bond acceptors (Lipinski definition) is 2. The van der Waals surface area contributed by atoms with Gasteiger partial charge in [0.25, 0.3) is 0 Å². The van der Waals surface area contributed by atoms with Crippen LogP contribution in [0.2, 0.25) is 0 Å². The molecule has 0 aromatic heterocycles. The molecule has 0 fully saturated rings. The number of aldehydes is 1. The van der Waals surface area contributed by atoms with E-state index in [2.05, 4.69) is 0 Å². The third-order valence-corrected chi connectivity index (χ3v) is 1.34. The largest absolute Gasteiger partial charge is 0.303 e. The van der Waals surface area contributed by atoms with E-state index in [4.69, 9.17) is 5.41 Å². The van der Waals surface area contributed by atoms with E-state index in [1.807, 2.05) is 0 Å². The summed E-state index contributed by atoms with van der Waals surface area (Å²) in [6.45, 7) is 4.76. The predicted octanol–water partition coefficient (Wildman–Crippen LogP) is 2.41. The molecular formula is C9H12FNO. The Morgan fingerprint density at radius 1 is 1.33 bits per heavy atom. The van der Waals surface area contributed by atoms with Gasteiger partial charge in [0.05, 0.1) is 5.71 Å². The number of halogens is 1. The van der Waals surface area contributed by atoms with E-state index in [-0.39, 0.29) is 5.71 Å². The van der Waals surface area contributed by atoms with Crippen molar-refractivity contribution in [2.45, 2.75) is 20.8 Å². The molecule has 0 rings (SSSR count). The van der Waals surface area contributed by atoms with Gasteiger partial charge in [-0.15, -0.1) is 0 Å². The van der Waals surface area contributed by atoms with Crippen LogP contribution in [0.15, 0.2) is 23.0 Å². The van der Waals surface area contributed by atoms with Crippen LogP contribution in [0.4, 0.5) is 4.39 Å². The highest BCUT2D eigenvalue weighted by molar-refractivity contribution is 5.95. The minimum absolute atomic E-state index is 0.171. The molecule has 0 aliphatic carbocycles. The van der Waals surface area contributed by atoms with Crippen LogP contribution in [0.1, 0.15) is 20.8 Å². The molecule has 0 unspecified atom stereocenters. The first kappa shape index (κ1) is 10.8. The van der Waals surface area contributed by atoms with Gasteiger partial charge in [-0.3, -0.25) is 4.79 Å². The highest BCUT2D eigenvalue weighted by Gasteiger charge is 2.00. The Kier molecular flexibility index (Phi) is 4.11. The average molecular weight is 169 g/mol. The van der Waals surface area contributed by atoms with E-state index in [0.29, 0.717) is 11.9 Å². The number of rotatable bonds is 3. The molecule has 0 saturated carbocycles. The van der Waals surface area contributed by atoms with E-state index >= 15 is 0 Å². The van der Waals surface area contributed by atoms with Gasteiger partial charge in [-0.2, -0.15) is 0 Å². The molecule has 2 nitrogen and oxygen atoms in total. The number of allylic oxidation sites excluding steroid dienone is 4. The van der Waals surface area contributed by atoms with Crippen molar-refractivity contribution in [2.75, 3.05) is 0 Å². The van der Waals surface area contributed by atoms with Crippen LogP contribution in [-0.4, -0.2) is 12.0 Å². The molecule has 0 radical (unpaired) electrons. The van der Waals surface area contributed by atoms with Crippen molar-refractivity contribution < 1.29 is 9.18 Å². The summed E-state index contributed by atoms with van der Waals surface area (Å²) in [7, 11) is 0. The molecule has 0 saturated heterocycles. The fourth-order valence-electron chi connectivity index (χ4n) is 0.541. The summed E-state index contributed by atoms with van der Waals surface area (Å²) in [5.74, 6) is -0.668. The van der Waals surface area contributed by atoms with Crippen molar-refractivity contribution in [1.82, 2.24) is 0 Å². The molecule has 0 heterocycles. The van der Waals surface area contributed by atoms with Crippen molar-refractivity contribution in [1.29, 1.82) is 5.41 Å². The fraction of sp³-hybridized carbons (Fsp3) is 0.333. The second-order valence-corrected chi connectivity index (χ2v) is 2.69. The highest BCUT2D eigenvalue weighted by Crippen LogP contribution is 2.07. The topological polar surface area (TPSA) is 40.9 Å². The summed E-state index contributed by atoms with van der Waals surface area (Å²) >= 11 is 0. The number of hydrogen-bond donors (Lipinski definition) is 1. The summed E-state index contributed by atoms with van der Waals surface area (Å²) in [5.41, 5.74) is 0.858. The summed E-state index contributed by atoms with van der Waals surface area (Å²) in [6.07, 6.45) is 1.66. The minimum atomic E-state index is -0.668. The molecule has 0 aromatic carbocycles. The molecule has 0 aliphatic rings. The lowest BCUT2D eigenvalue weighted by Gasteiger charge is -1.95. The zero-order valence-electron chi connectivity index (χ0n) is 7.44. The number of nitrogens with one attached hydrogen (secondary N) is 1. The molecule has 66 valence electrons. The zero-order chi connectivity index (χ0) is 9.72. The lowest BCUT2D eigenvalue weighted by atomic mass is 10.1. The van der Waals surface area contributed by atoms with Gasteiger partial charge < -0.3 is 5.41 Å². The summed E-state index contributed by atoms with van der Waals surface area (Å²) in [4.78, 5) is 10.4. The van der Waals surface area contributed by atoms with Gasteiger partial charge in [-0.05, 0) is 26.8 Å². The molecule has 0 amide bonds. The first-order chi connectivity index (χ1) is 5.49. The number of carbonyl (C=O) groups is 1. The molecule has 12 heavy (non-hydrogen) atoms. The van der Waals surface area contributed by atoms with Gasteiger partial charge in [0.2, 0.25) is 0 Å². The number of carbonyl (C=O) groups excluding carboxylic acids is 1. The Bertz CT molecular complexity index is 260. The molecule has 0 bridgehead atoms. The SMILES string of the molecule is CC(=N)/C(F)=C\C(C=O)=C(C)C. The van der Waals surface area contributed by atoms with Crippen LogP contribution >= 0.6 is 0 Å². The van der Waals surface area contributed by atoms with Crippen molar-refractivity contribution in [3.63, 3.8) is 0 Å². The minimum Gasteiger partial charge on any atom is -0.303 e. The van der Waals surface area contributed by atoms with Crippen molar-refractivity contribution in [2.24, 2.45) is 0 Å². The third kappa shape index (κ3) is 3.23. The zero-order valence-corrected chi connectivity index (χ0v) is 7.44. The van der Waals surface area contributed by atoms with E-state index < -0.39 is 5.83 Å². The van der Waals surface area contributed by atoms with Gasteiger partial charge >= 0.3 is 0 Å². The molecule has 0 atom stereocenters. The first-order valence-corrected chi connectivity index (χ1v) is 3.54. The van der Waals surface area contributed by atoms with Crippen molar-refractivity contribution in [3.8, 4) is 0 Å². The van der Waals surface area contributed by atoms with Crippen LogP contribution in [-0.2, 0) is 4.79 Å². The van der Waals surface area contributed by atoms with E-state index in [0.717, 1.165) is 11.6 Å².